The molecule has 1 aliphatic rings. The maximum Gasteiger partial charge on any atom is 0.416 e. The van der Waals surface area contributed by atoms with E-state index in [1.54, 1.807) is 30.3 Å². The number of ether oxygens (including phenoxy) is 1. The second kappa shape index (κ2) is 13.2. The number of aromatic nitrogens is 3. The van der Waals surface area contributed by atoms with Crippen molar-refractivity contribution in [1.82, 2.24) is 19.4 Å². The van der Waals surface area contributed by atoms with Crippen molar-refractivity contribution in [2.45, 2.75) is 32.2 Å². The molecule has 9 nitrogen and oxygen atoms in total. The van der Waals surface area contributed by atoms with E-state index in [0.29, 0.717) is 32.7 Å². The van der Waals surface area contributed by atoms with E-state index in [4.69, 9.17) is 16.3 Å². The molecule has 5 aromatic rings. The van der Waals surface area contributed by atoms with Crippen molar-refractivity contribution < 1.29 is 41.0 Å². The van der Waals surface area contributed by atoms with Gasteiger partial charge in [-0.15, -0.1) is 11.3 Å². The number of aromatic carboxylic acids is 1. The van der Waals surface area contributed by atoms with Gasteiger partial charge < -0.3 is 9.84 Å². The smallest absolute Gasteiger partial charge is 0.416 e. The summed E-state index contributed by atoms with van der Waals surface area (Å²) in [6.07, 6.45) is -8.27. The number of halogens is 7. The number of rotatable bonds is 9. The highest BCUT2D eigenvalue weighted by Gasteiger charge is 2.40. The first-order valence-electron chi connectivity index (χ1n) is 14.9. The standard InChI is InChI=1S/C33H24ClF6N5O4S/c1-16-43-25-10-24(33(38,39)40)20(8-17-12-44(13-17)15-32(35,36)37)22(11-41)27(25)30(46)45(16)6-7-49-26-3-2-18(34)9-21(26)19-4-5-42-28-23(31(47)48)14-50-29(19)28/h2-5,9-10,14,17H,6-8,12-13,15H2,1H3,(H,47,48). The first kappa shape index (κ1) is 35.1. The Morgan fingerprint density at radius 3 is 2.56 bits per heavy atom. The van der Waals surface area contributed by atoms with Gasteiger partial charge in [-0.1, -0.05) is 11.6 Å². The molecule has 0 amide bonds. The predicted octanol–water partition coefficient (Wildman–Crippen LogP) is 7.34. The number of aryl methyl sites for hydroxylation is 1. The molecule has 50 heavy (non-hydrogen) atoms. The Bertz CT molecular complexity index is 2260. The van der Waals surface area contributed by atoms with Crippen molar-refractivity contribution in [2.75, 3.05) is 26.2 Å². The zero-order chi connectivity index (χ0) is 36.1. The molecular weight excluding hydrogens is 712 g/mol. The molecule has 6 rings (SSSR count). The van der Waals surface area contributed by atoms with Crippen LogP contribution in [0, 0.1) is 24.2 Å². The van der Waals surface area contributed by atoms with Crippen LogP contribution in [0.4, 0.5) is 26.3 Å². The zero-order valence-electron chi connectivity index (χ0n) is 25.8. The summed E-state index contributed by atoms with van der Waals surface area (Å²) in [6.45, 7) is -0.251. The Hall–Kier alpha value is -4.72. The van der Waals surface area contributed by atoms with E-state index in [1.165, 1.54) is 34.4 Å². The Kier molecular flexibility index (Phi) is 9.27. The lowest BCUT2D eigenvalue weighted by atomic mass is 9.86. The molecule has 1 aliphatic heterocycles. The predicted molar refractivity (Wildman–Crippen MR) is 173 cm³/mol. The Morgan fingerprint density at radius 2 is 1.90 bits per heavy atom. The van der Waals surface area contributed by atoms with Crippen LogP contribution in [0.15, 0.2) is 46.7 Å². The van der Waals surface area contributed by atoms with Crippen molar-refractivity contribution in [1.29, 1.82) is 5.26 Å². The SMILES string of the molecule is Cc1nc2cc(C(F)(F)F)c(CC3CN(CC(F)(F)F)C3)c(C#N)c2c(=O)n1CCOc1ccc(Cl)cc1-c1ccnc2c(C(=O)O)csc12. The van der Waals surface area contributed by atoms with Crippen LogP contribution >= 0.6 is 22.9 Å². The van der Waals surface area contributed by atoms with Gasteiger partial charge in [-0.3, -0.25) is 19.2 Å². The van der Waals surface area contributed by atoms with Gasteiger partial charge in [-0.05, 0) is 55.2 Å². The minimum atomic E-state index is -4.92. The molecule has 0 bridgehead atoms. The topological polar surface area (TPSA) is 121 Å². The average molecular weight is 736 g/mol. The molecule has 1 N–H and O–H groups in total. The molecule has 2 aromatic carbocycles. The maximum absolute atomic E-state index is 14.2. The van der Waals surface area contributed by atoms with Gasteiger partial charge in [0, 0.05) is 40.8 Å². The molecule has 3 aromatic heterocycles. The number of carboxylic acid groups (broad SMARTS) is 1. The lowest BCUT2D eigenvalue weighted by Crippen LogP contribution is -2.51. The minimum absolute atomic E-state index is 0.0355. The van der Waals surface area contributed by atoms with Crippen LogP contribution in [-0.4, -0.2) is 62.9 Å². The summed E-state index contributed by atoms with van der Waals surface area (Å²) in [7, 11) is 0. The van der Waals surface area contributed by atoms with Gasteiger partial charge in [0.2, 0.25) is 0 Å². The number of benzene rings is 2. The van der Waals surface area contributed by atoms with Gasteiger partial charge in [0.05, 0.1) is 50.9 Å². The summed E-state index contributed by atoms with van der Waals surface area (Å²) >= 11 is 7.48. The number of hydrogen-bond donors (Lipinski definition) is 1. The highest BCUT2D eigenvalue weighted by atomic mass is 35.5. The fraction of sp³-hybridized carbons (Fsp3) is 0.303. The third-order valence-corrected chi connectivity index (χ3v) is 9.62. The summed E-state index contributed by atoms with van der Waals surface area (Å²) in [4.78, 5) is 35.0. The third-order valence-electron chi connectivity index (χ3n) is 8.38. The highest BCUT2D eigenvalue weighted by Crippen LogP contribution is 2.41. The number of thiophene rings is 1. The van der Waals surface area contributed by atoms with Crippen molar-refractivity contribution >= 4 is 50.0 Å². The minimum Gasteiger partial charge on any atom is -0.491 e. The van der Waals surface area contributed by atoms with Gasteiger partial charge in [0.15, 0.2) is 0 Å². The number of likely N-dealkylation sites (tertiary alicyclic amines) is 1. The molecular formula is C33H24ClF6N5O4S. The van der Waals surface area contributed by atoms with E-state index in [2.05, 4.69) is 9.97 Å². The van der Waals surface area contributed by atoms with Crippen molar-refractivity contribution in [3.63, 3.8) is 0 Å². The number of carbonyl (C=O) groups is 1. The molecule has 0 saturated carbocycles. The second-order valence-electron chi connectivity index (χ2n) is 11.8. The number of pyridine rings is 1. The molecule has 1 fully saturated rings. The van der Waals surface area contributed by atoms with Gasteiger partial charge in [0.25, 0.3) is 5.56 Å². The number of carboxylic acids is 1. The van der Waals surface area contributed by atoms with Crippen LogP contribution in [-0.2, 0) is 19.1 Å². The average Bonchev–Trinajstić information content (AvgIpc) is 3.46. The Morgan fingerprint density at radius 1 is 1.16 bits per heavy atom. The van der Waals surface area contributed by atoms with E-state index in [0.717, 1.165) is 4.90 Å². The third kappa shape index (κ3) is 6.85. The van der Waals surface area contributed by atoms with Crippen LogP contribution in [0.5, 0.6) is 5.75 Å². The monoisotopic (exact) mass is 735 g/mol. The first-order valence-corrected chi connectivity index (χ1v) is 16.2. The van der Waals surface area contributed by atoms with Crippen LogP contribution in [0.25, 0.3) is 32.2 Å². The fourth-order valence-corrected chi connectivity index (χ4v) is 7.44. The maximum atomic E-state index is 14.2. The van der Waals surface area contributed by atoms with Gasteiger partial charge in [-0.2, -0.15) is 31.6 Å². The first-order chi connectivity index (χ1) is 23.6. The van der Waals surface area contributed by atoms with Crippen molar-refractivity contribution in [3.8, 4) is 22.9 Å². The van der Waals surface area contributed by atoms with Crippen LogP contribution in [0.2, 0.25) is 5.02 Å². The molecule has 0 spiro atoms. The van der Waals surface area contributed by atoms with E-state index >= 15 is 0 Å². The summed E-state index contributed by atoms with van der Waals surface area (Å²) in [5, 5.41) is 21.1. The normalized spacial score (nSPS) is 14.2. The summed E-state index contributed by atoms with van der Waals surface area (Å²) < 4.78 is 88.9. The number of alkyl halides is 6. The van der Waals surface area contributed by atoms with Crippen LogP contribution in [0.1, 0.15) is 32.9 Å². The molecule has 4 heterocycles. The molecule has 0 radical (unpaired) electrons. The summed E-state index contributed by atoms with van der Waals surface area (Å²) in [5.41, 5.74) is -1.80. The summed E-state index contributed by atoms with van der Waals surface area (Å²) in [5.74, 6) is -1.33. The van der Waals surface area contributed by atoms with Gasteiger partial charge in [-0.25, -0.2) is 9.78 Å². The van der Waals surface area contributed by atoms with E-state index in [-0.39, 0.29) is 60.5 Å². The van der Waals surface area contributed by atoms with Crippen LogP contribution in [0.3, 0.4) is 0 Å². The molecule has 0 aliphatic carbocycles. The van der Waals surface area contributed by atoms with E-state index in [1.807, 2.05) is 0 Å². The zero-order valence-corrected chi connectivity index (χ0v) is 27.4. The highest BCUT2D eigenvalue weighted by molar-refractivity contribution is 7.18. The lowest BCUT2D eigenvalue weighted by Gasteiger charge is -2.40. The van der Waals surface area contributed by atoms with E-state index < -0.39 is 53.0 Å². The molecule has 1 saturated heterocycles. The molecule has 0 unspecified atom stereocenters. The van der Waals surface area contributed by atoms with E-state index in [9.17, 15) is 46.3 Å². The second-order valence-corrected chi connectivity index (χ2v) is 13.1. The number of nitrogens with zero attached hydrogens (tertiary/aromatic N) is 5. The lowest BCUT2D eigenvalue weighted by molar-refractivity contribution is -0.158. The largest absolute Gasteiger partial charge is 0.491 e. The number of hydrogen-bond acceptors (Lipinski definition) is 8. The van der Waals surface area contributed by atoms with Gasteiger partial charge in [0.1, 0.15) is 24.3 Å². The molecule has 0 atom stereocenters. The number of nitriles is 1. The Labute approximate surface area is 287 Å². The fourth-order valence-electron chi connectivity index (χ4n) is 6.24. The summed E-state index contributed by atoms with van der Waals surface area (Å²) in [6, 6.07) is 8.94. The van der Waals surface area contributed by atoms with Gasteiger partial charge >= 0.3 is 18.3 Å². The van der Waals surface area contributed by atoms with Crippen LogP contribution < -0.4 is 10.3 Å². The molecule has 260 valence electrons. The molecule has 17 heteroatoms. The quantitative estimate of drug-likeness (QED) is 0.156. The number of fused-ring (bicyclic) bond motifs is 2. The Balaban J connectivity index is 1.32. The van der Waals surface area contributed by atoms with Crippen molar-refractivity contribution in [3.05, 3.63) is 85.4 Å². The van der Waals surface area contributed by atoms with Crippen molar-refractivity contribution in [2.24, 2.45) is 5.92 Å².